The van der Waals surface area contributed by atoms with Crippen molar-refractivity contribution >= 4 is 33.3 Å². The predicted molar refractivity (Wildman–Crippen MR) is 118 cm³/mol. The molecule has 2 unspecified atom stereocenters. The van der Waals surface area contributed by atoms with Crippen molar-refractivity contribution in [1.82, 2.24) is 15.0 Å². The molecule has 0 saturated carbocycles. The molecule has 0 aliphatic carbocycles. The van der Waals surface area contributed by atoms with E-state index in [2.05, 4.69) is 4.98 Å². The Kier molecular flexibility index (Phi) is 6.63. The summed E-state index contributed by atoms with van der Waals surface area (Å²) in [6.07, 6.45) is 5.02. The van der Waals surface area contributed by atoms with Crippen LogP contribution in [-0.4, -0.2) is 50.5 Å². The second-order valence-corrected chi connectivity index (χ2v) is 8.73. The Bertz CT molecular complexity index is 1140. The van der Waals surface area contributed by atoms with Gasteiger partial charge in [0.2, 0.25) is 0 Å². The SMILES string of the molecule is CN(C)c1ccc(-c2ccc3c(=O)n(CCC(C(=O)NO)S(C)=O)ccc3c2)cn1. The maximum atomic E-state index is 12.8. The minimum atomic E-state index is -1.47. The third-order valence-corrected chi connectivity index (χ3v) is 6.20. The molecule has 2 atom stereocenters. The van der Waals surface area contributed by atoms with E-state index in [4.69, 9.17) is 5.21 Å². The normalized spacial score (nSPS) is 13.1. The second kappa shape index (κ2) is 9.19. The summed E-state index contributed by atoms with van der Waals surface area (Å²) in [5.41, 5.74) is 3.25. The van der Waals surface area contributed by atoms with Gasteiger partial charge >= 0.3 is 0 Å². The fourth-order valence-electron chi connectivity index (χ4n) is 3.24. The molecule has 9 heteroatoms. The number of pyridine rings is 2. The number of rotatable bonds is 7. The van der Waals surface area contributed by atoms with Crippen LogP contribution in [0.15, 0.2) is 53.6 Å². The Balaban J connectivity index is 1.86. The van der Waals surface area contributed by atoms with Gasteiger partial charge in [-0.15, -0.1) is 0 Å². The molecule has 0 spiro atoms. The molecule has 0 saturated heterocycles. The van der Waals surface area contributed by atoms with Crippen molar-refractivity contribution < 1.29 is 14.2 Å². The van der Waals surface area contributed by atoms with Crippen LogP contribution >= 0.6 is 0 Å². The molecule has 2 heterocycles. The highest BCUT2D eigenvalue weighted by atomic mass is 32.2. The van der Waals surface area contributed by atoms with E-state index >= 15 is 0 Å². The van der Waals surface area contributed by atoms with Gasteiger partial charge in [0, 0.05) is 61.0 Å². The first-order chi connectivity index (χ1) is 14.3. The summed E-state index contributed by atoms with van der Waals surface area (Å²) in [5.74, 6) is 0.145. The molecule has 3 rings (SSSR count). The van der Waals surface area contributed by atoms with E-state index in [9.17, 15) is 13.8 Å². The number of aryl methyl sites for hydroxylation is 1. The van der Waals surface area contributed by atoms with Crippen LogP contribution in [0.2, 0.25) is 0 Å². The highest BCUT2D eigenvalue weighted by Gasteiger charge is 2.22. The van der Waals surface area contributed by atoms with E-state index in [0.717, 1.165) is 22.3 Å². The zero-order valence-corrected chi connectivity index (χ0v) is 17.8. The summed E-state index contributed by atoms with van der Waals surface area (Å²) in [7, 11) is 2.39. The van der Waals surface area contributed by atoms with E-state index in [-0.39, 0.29) is 18.5 Å². The molecule has 2 N–H and O–H groups in total. The summed E-state index contributed by atoms with van der Waals surface area (Å²) in [6, 6.07) is 11.4. The molecule has 8 nitrogen and oxygen atoms in total. The Morgan fingerprint density at radius 3 is 2.57 bits per heavy atom. The topological polar surface area (TPSA) is 105 Å². The number of nitrogens with one attached hydrogen (secondary N) is 1. The zero-order chi connectivity index (χ0) is 21.8. The van der Waals surface area contributed by atoms with Crippen molar-refractivity contribution in [2.75, 3.05) is 25.3 Å². The number of carbonyl (C=O) groups excluding carboxylic acids is 1. The molecule has 0 fully saturated rings. The quantitative estimate of drug-likeness (QED) is 0.439. The molecule has 2 aromatic heterocycles. The number of hydroxylamine groups is 1. The fraction of sp³-hybridized carbons (Fsp3) is 0.286. The Morgan fingerprint density at radius 2 is 1.97 bits per heavy atom. The van der Waals surface area contributed by atoms with Crippen LogP contribution in [-0.2, 0) is 22.1 Å². The number of hydrogen-bond donors (Lipinski definition) is 2. The first kappa shape index (κ1) is 21.7. The van der Waals surface area contributed by atoms with Gasteiger partial charge in [-0.2, -0.15) is 0 Å². The first-order valence-electron chi connectivity index (χ1n) is 9.35. The van der Waals surface area contributed by atoms with Crippen molar-refractivity contribution in [3.8, 4) is 11.1 Å². The van der Waals surface area contributed by atoms with Gasteiger partial charge in [-0.1, -0.05) is 6.07 Å². The Hall–Kier alpha value is -3.04. The van der Waals surface area contributed by atoms with Crippen LogP contribution in [0.4, 0.5) is 5.82 Å². The minimum Gasteiger partial charge on any atom is -0.363 e. The van der Waals surface area contributed by atoms with Crippen molar-refractivity contribution in [3.05, 3.63) is 59.1 Å². The summed E-state index contributed by atoms with van der Waals surface area (Å²) < 4.78 is 13.2. The molecule has 1 aromatic carbocycles. The number of fused-ring (bicyclic) bond motifs is 1. The number of amides is 1. The molecule has 158 valence electrons. The first-order valence-corrected chi connectivity index (χ1v) is 11.0. The van der Waals surface area contributed by atoms with E-state index < -0.39 is 22.0 Å². The molecular formula is C21H24N4O4S. The van der Waals surface area contributed by atoms with Gasteiger partial charge in [0.25, 0.3) is 11.5 Å². The van der Waals surface area contributed by atoms with Gasteiger partial charge in [0.05, 0.1) is 0 Å². The van der Waals surface area contributed by atoms with Crippen molar-refractivity contribution in [3.63, 3.8) is 0 Å². The van der Waals surface area contributed by atoms with Gasteiger partial charge in [0.15, 0.2) is 0 Å². The Morgan fingerprint density at radius 1 is 1.23 bits per heavy atom. The van der Waals surface area contributed by atoms with Gasteiger partial charge in [0.1, 0.15) is 11.1 Å². The smallest absolute Gasteiger partial charge is 0.259 e. The van der Waals surface area contributed by atoms with Gasteiger partial charge < -0.3 is 9.47 Å². The van der Waals surface area contributed by atoms with Gasteiger partial charge in [-0.25, -0.2) is 10.5 Å². The van der Waals surface area contributed by atoms with Crippen molar-refractivity contribution in [1.29, 1.82) is 0 Å². The average Bonchev–Trinajstić information content (AvgIpc) is 2.74. The highest BCUT2D eigenvalue weighted by molar-refractivity contribution is 7.85. The van der Waals surface area contributed by atoms with Crippen LogP contribution in [0.3, 0.4) is 0 Å². The molecular weight excluding hydrogens is 404 g/mol. The molecule has 0 aliphatic rings. The largest absolute Gasteiger partial charge is 0.363 e. The molecule has 1 amide bonds. The molecule has 0 radical (unpaired) electrons. The lowest BCUT2D eigenvalue weighted by Crippen LogP contribution is -2.36. The van der Waals surface area contributed by atoms with Gasteiger partial charge in [-0.3, -0.25) is 19.0 Å². The number of hydrogen-bond acceptors (Lipinski definition) is 6. The monoisotopic (exact) mass is 428 g/mol. The van der Waals surface area contributed by atoms with E-state index in [1.54, 1.807) is 18.5 Å². The van der Waals surface area contributed by atoms with Crippen molar-refractivity contribution in [2.45, 2.75) is 18.2 Å². The third-order valence-electron chi connectivity index (χ3n) is 4.95. The van der Waals surface area contributed by atoms with E-state index in [1.807, 2.05) is 49.3 Å². The number of anilines is 1. The van der Waals surface area contributed by atoms with Gasteiger partial charge in [-0.05, 0) is 47.7 Å². The maximum Gasteiger partial charge on any atom is 0.259 e. The molecule has 30 heavy (non-hydrogen) atoms. The standard InChI is InChI=1S/C21H24N4O4S/c1-24(2)19-7-5-16(13-22-19)14-4-6-17-15(12-14)8-10-25(21(17)27)11-9-18(30(3)29)20(26)23-28/h4-8,10,12-13,18,28H,9,11H2,1-3H3,(H,23,26). The lowest BCUT2D eigenvalue weighted by molar-refractivity contribution is -0.128. The second-order valence-electron chi connectivity index (χ2n) is 7.17. The molecule has 0 bridgehead atoms. The molecule has 0 aliphatic heterocycles. The zero-order valence-electron chi connectivity index (χ0n) is 17.0. The number of aromatic nitrogens is 2. The van der Waals surface area contributed by atoms with Crippen LogP contribution in [0.25, 0.3) is 21.9 Å². The number of carbonyl (C=O) groups is 1. The van der Waals surface area contributed by atoms with Crippen LogP contribution < -0.4 is 15.9 Å². The lowest BCUT2D eigenvalue weighted by Gasteiger charge is -2.14. The average molecular weight is 429 g/mol. The number of nitrogens with zero attached hydrogens (tertiary/aromatic N) is 3. The third kappa shape index (κ3) is 4.58. The van der Waals surface area contributed by atoms with E-state index in [1.165, 1.54) is 16.3 Å². The number of benzene rings is 1. The summed E-state index contributed by atoms with van der Waals surface area (Å²) in [4.78, 5) is 30.8. The van der Waals surface area contributed by atoms with Crippen LogP contribution in [0.5, 0.6) is 0 Å². The summed E-state index contributed by atoms with van der Waals surface area (Å²) in [6.45, 7) is 0.212. The molecule has 3 aromatic rings. The lowest BCUT2D eigenvalue weighted by atomic mass is 10.0. The summed E-state index contributed by atoms with van der Waals surface area (Å²) >= 11 is 0. The highest BCUT2D eigenvalue weighted by Crippen LogP contribution is 2.24. The minimum absolute atomic E-state index is 0.170. The van der Waals surface area contributed by atoms with Crippen molar-refractivity contribution in [2.24, 2.45) is 0 Å². The van der Waals surface area contributed by atoms with Crippen LogP contribution in [0.1, 0.15) is 6.42 Å². The summed E-state index contributed by atoms with van der Waals surface area (Å²) in [5, 5.41) is 9.26. The Labute approximate surface area is 176 Å². The maximum absolute atomic E-state index is 12.8. The van der Waals surface area contributed by atoms with E-state index in [0.29, 0.717) is 5.39 Å². The van der Waals surface area contributed by atoms with Crippen LogP contribution in [0, 0.1) is 0 Å². The predicted octanol–water partition coefficient (Wildman–Crippen LogP) is 1.77. The fourth-order valence-corrected chi connectivity index (χ4v) is 4.03.